The van der Waals surface area contributed by atoms with E-state index in [0.717, 1.165) is 42.5 Å². The summed E-state index contributed by atoms with van der Waals surface area (Å²) in [6.45, 7) is 13.9. The molecule has 57 heavy (non-hydrogen) atoms. The minimum absolute atomic E-state index is 0.0663. The Labute approximate surface area is 336 Å². The Hall–Kier alpha value is -4.84. The van der Waals surface area contributed by atoms with Gasteiger partial charge in [0.25, 0.3) is 11.5 Å². The second-order valence-corrected chi connectivity index (χ2v) is 21.6. The van der Waals surface area contributed by atoms with Crippen LogP contribution in [-0.2, 0) is 19.9 Å². The number of aliphatic hydroxyl groups excluding tert-OH is 1. The van der Waals surface area contributed by atoms with Crippen molar-refractivity contribution in [2.24, 2.45) is 5.92 Å². The summed E-state index contributed by atoms with van der Waals surface area (Å²) in [6, 6.07) is 21.0. The molecule has 0 bridgehead atoms. The molecular formula is C46H56N4O6Si. The van der Waals surface area contributed by atoms with E-state index in [1.54, 1.807) is 24.3 Å². The molecule has 2 fully saturated rings. The van der Waals surface area contributed by atoms with Gasteiger partial charge in [0, 0.05) is 30.0 Å². The Morgan fingerprint density at radius 3 is 2.53 bits per heavy atom. The number of amides is 2. The highest BCUT2D eigenvalue weighted by Gasteiger charge is 2.66. The van der Waals surface area contributed by atoms with Gasteiger partial charge in [0.05, 0.1) is 63.3 Å². The number of allylic oxidation sites excluding steroid dienone is 3. The lowest BCUT2D eigenvalue weighted by Crippen LogP contribution is -2.52. The molecule has 1 aromatic heterocycles. The number of aliphatic hydroxyl groups is 1. The van der Waals surface area contributed by atoms with Crippen molar-refractivity contribution in [3.8, 4) is 11.4 Å². The molecule has 0 radical (unpaired) electrons. The van der Waals surface area contributed by atoms with Crippen molar-refractivity contribution >= 4 is 41.5 Å². The van der Waals surface area contributed by atoms with Gasteiger partial charge in [0.15, 0.2) is 5.60 Å². The maximum Gasteiger partial charge on any atom is 0.279 e. The van der Waals surface area contributed by atoms with Crippen LogP contribution < -0.4 is 20.4 Å². The lowest BCUT2D eigenvalue weighted by atomic mass is 9.82. The van der Waals surface area contributed by atoms with E-state index in [1.165, 1.54) is 21.0 Å². The Kier molecular flexibility index (Phi) is 11.5. The first-order valence-electron chi connectivity index (χ1n) is 20.3. The molecule has 0 aliphatic carbocycles. The van der Waals surface area contributed by atoms with E-state index < -0.39 is 19.8 Å². The van der Waals surface area contributed by atoms with Gasteiger partial charge in [-0.15, -0.1) is 0 Å². The van der Waals surface area contributed by atoms with E-state index in [2.05, 4.69) is 70.2 Å². The third kappa shape index (κ3) is 7.30. The number of likely N-dealkylation sites (tertiary alicyclic amines) is 1. The number of hydrogen-bond donors (Lipinski definition) is 1. The minimum Gasteiger partial charge on any atom is -0.497 e. The van der Waals surface area contributed by atoms with Crippen LogP contribution in [0.4, 0.5) is 5.69 Å². The van der Waals surface area contributed by atoms with E-state index in [4.69, 9.17) is 9.47 Å². The monoisotopic (exact) mass is 788 g/mol. The molecule has 4 heterocycles. The van der Waals surface area contributed by atoms with E-state index >= 15 is 4.79 Å². The standard InChI is InChI=1S/C46H56N4O6Si/c1-30(2)12-10-13-31(3)23-25-49-40-22-17-34(50-44(53)38-16-9-8-14-33(38)28-47-50)26-39(40)46(45(49)54)32(4)43(57(6,7)37-20-18-36(55-5)19-21-37)41(56-46)27-42(52)48-24-11-15-35(48)29-51/h8-9,12,14,16-23,26,28,32,35,41,43,51H,10-11,13,15,24-25,27,29H2,1-7H3/b31-23+/t32-,35+,41+,43-,46+/m1/s1. The maximum absolute atomic E-state index is 15.4. The molecule has 3 aromatic carbocycles. The van der Waals surface area contributed by atoms with Crippen molar-refractivity contribution in [2.75, 3.05) is 31.7 Å². The smallest absolute Gasteiger partial charge is 0.279 e. The number of rotatable bonds is 12. The third-order valence-corrected chi connectivity index (χ3v) is 17.1. The summed E-state index contributed by atoms with van der Waals surface area (Å²) >= 11 is 0. The number of benzene rings is 3. The highest BCUT2D eigenvalue weighted by molar-refractivity contribution is 6.91. The molecule has 7 rings (SSSR count). The molecule has 2 amide bonds. The maximum atomic E-state index is 15.4. The van der Waals surface area contributed by atoms with Gasteiger partial charge in [-0.05, 0) is 88.4 Å². The molecule has 3 aliphatic heterocycles. The molecule has 0 unspecified atom stereocenters. The molecule has 5 atom stereocenters. The topological polar surface area (TPSA) is 114 Å². The van der Waals surface area contributed by atoms with Crippen LogP contribution in [0.1, 0.15) is 65.4 Å². The van der Waals surface area contributed by atoms with Crippen LogP contribution in [0, 0.1) is 5.92 Å². The van der Waals surface area contributed by atoms with E-state index in [9.17, 15) is 14.7 Å². The predicted molar refractivity (Wildman–Crippen MR) is 228 cm³/mol. The van der Waals surface area contributed by atoms with Crippen LogP contribution in [0.3, 0.4) is 0 Å². The zero-order valence-electron chi connectivity index (χ0n) is 34.3. The Morgan fingerprint density at radius 2 is 1.81 bits per heavy atom. The van der Waals surface area contributed by atoms with Gasteiger partial charge in [0.1, 0.15) is 5.75 Å². The van der Waals surface area contributed by atoms with Gasteiger partial charge in [-0.2, -0.15) is 9.78 Å². The van der Waals surface area contributed by atoms with Crippen LogP contribution >= 0.6 is 0 Å². The van der Waals surface area contributed by atoms with Gasteiger partial charge in [0.2, 0.25) is 5.91 Å². The Balaban J connectivity index is 1.36. The summed E-state index contributed by atoms with van der Waals surface area (Å²) in [5.41, 5.74) is 2.57. The van der Waals surface area contributed by atoms with Gasteiger partial charge >= 0.3 is 0 Å². The normalized spacial score (nSPS) is 23.4. The second kappa shape index (κ2) is 16.2. The lowest BCUT2D eigenvalue weighted by molar-refractivity contribution is -0.149. The first-order valence-corrected chi connectivity index (χ1v) is 23.3. The number of carbonyl (C=O) groups is 2. The fourth-order valence-corrected chi connectivity index (χ4v) is 13.7. The molecule has 11 heteroatoms. The first-order chi connectivity index (χ1) is 27.3. The predicted octanol–water partition coefficient (Wildman–Crippen LogP) is 7.02. The van der Waals surface area contributed by atoms with Crippen LogP contribution in [-0.4, -0.2) is 78.6 Å². The van der Waals surface area contributed by atoms with Gasteiger partial charge in [-0.1, -0.05) is 78.8 Å². The molecule has 300 valence electrons. The molecule has 0 saturated carbocycles. The molecule has 2 saturated heterocycles. The summed E-state index contributed by atoms with van der Waals surface area (Å²) < 4.78 is 14.2. The summed E-state index contributed by atoms with van der Waals surface area (Å²) in [7, 11) is -0.889. The Bertz CT molecular complexity index is 2280. The van der Waals surface area contributed by atoms with E-state index in [1.807, 2.05) is 53.4 Å². The van der Waals surface area contributed by atoms with Crippen molar-refractivity contribution in [3.63, 3.8) is 0 Å². The number of anilines is 1. The number of nitrogens with zero attached hydrogens (tertiary/aromatic N) is 4. The number of carbonyl (C=O) groups excluding carboxylic acids is 2. The highest BCUT2D eigenvalue weighted by Crippen LogP contribution is 2.60. The second-order valence-electron chi connectivity index (χ2n) is 16.9. The molecule has 10 nitrogen and oxygen atoms in total. The summed E-state index contributed by atoms with van der Waals surface area (Å²) in [5.74, 6) is 0.185. The van der Waals surface area contributed by atoms with Gasteiger partial charge < -0.3 is 24.4 Å². The van der Waals surface area contributed by atoms with Crippen molar-refractivity contribution in [2.45, 2.75) is 96.2 Å². The fraction of sp³-hybridized carbons (Fsp3) is 0.435. The van der Waals surface area contributed by atoms with E-state index in [0.29, 0.717) is 29.7 Å². The number of methoxy groups -OCH3 is 1. The number of fused-ring (bicyclic) bond motifs is 3. The number of aromatic nitrogens is 2. The van der Waals surface area contributed by atoms with Crippen LogP contribution in [0.5, 0.6) is 5.75 Å². The summed E-state index contributed by atoms with van der Waals surface area (Å²) in [4.78, 5) is 47.2. The largest absolute Gasteiger partial charge is 0.497 e. The molecule has 3 aliphatic rings. The van der Waals surface area contributed by atoms with Crippen molar-refractivity contribution in [3.05, 3.63) is 112 Å². The molecular weight excluding hydrogens is 733 g/mol. The average molecular weight is 789 g/mol. The van der Waals surface area contributed by atoms with Crippen molar-refractivity contribution < 1.29 is 24.2 Å². The quantitative estimate of drug-likeness (QED) is 0.121. The Morgan fingerprint density at radius 1 is 1.05 bits per heavy atom. The number of ether oxygens (including phenoxy) is 2. The summed E-state index contributed by atoms with van der Waals surface area (Å²) in [5, 5.41) is 17.2. The molecule has 1 N–H and O–H groups in total. The first kappa shape index (κ1) is 40.4. The average Bonchev–Trinajstić information content (AvgIpc) is 3.87. The van der Waals surface area contributed by atoms with Crippen LogP contribution in [0.25, 0.3) is 16.5 Å². The summed E-state index contributed by atoms with van der Waals surface area (Å²) in [6.07, 6.45) is 8.95. The van der Waals surface area contributed by atoms with Crippen molar-refractivity contribution in [1.82, 2.24) is 14.7 Å². The van der Waals surface area contributed by atoms with Crippen LogP contribution in [0.2, 0.25) is 18.6 Å². The molecule has 4 aromatic rings. The van der Waals surface area contributed by atoms with Crippen molar-refractivity contribution in [1.29, 1.82) is 0 Å². The zero-order valence-corrected chi connectivity index (χ0v) is 35.3. The fourth-order valence-electron chi connectivity index (χ4n) is 9.67. The highest BCUT2D eigenvalue weighted by atomic mass is 28.3. The SMILES string of the molecule is COc1ccc([Si](C)(C)[C@H]2[C@H](CC(=O)N3CCC[C@H]3CO)O[C@@]3(C(=O)N(C/C=C(\C)CCC=C(C)C)c4ccc(-n5ncc6ccccc6c5=O)cc43)[C@@H]2C)cc1. The van der Waals surface area contributed by atoms with Crippen LogP contribution in [0.15, 0.2) is 101 Å². The number of hydrogen-bond acceptors (Lipinski definition) is 7. The molecule has 1 spiro atoms. The third-order valence-electron chi connectivity index (χ3n) is 12.8. The lowest BCUT2D eigenvalue weighted by Gasteiger charge is -2.37. The zero-order chi connectivity index (χ0) is 40.6. The van der Waals surface area contributed by atoms with E-state index in [-0.39, 0.29) is 47.9 Å². The minimum atomic E-state index is -2.54. The van der Waals surface area contributed by atoms with Gasteiger partial charge in [-0.3, -0.25) is 14.4 Å². The van der Waals surface area contributed by atoms with Gasteiger partial charge in [-0.25, -0.2) is 0 Å².